The van der Waals surface area contributed by atoms with Gasteiger partial charge in [0.1, 0.15) is 0 Å². The predicted octanol–water partition coefficient (Wildman–Crippen LogP) is 2.33. The molecule has 1 aromatic carbocycles. The van der Waals surface area contributed by atoms with Crippen molar-refractivity contribution in [2.24, 2.45) is 5.92 Å². The van der Waals surface area contributed by atoms with Crippen molar-refractivity contribution in [1.29, 1.82) is 0 Å². The van der Waals surface area contributed by atoms with Crippen LogP contribution in [-0.2, 0) is 0 Å². The second kappa shape index (κ2) is 5.41. The average molecular weight is 233 g/mol. The summed E-state index contributed by atoms with van der Waals surface area (Å²) in [4.78, 5) is 2.51. The molecule has 0 radical (unpaired) electrons. The molecule has 0 bridgehead atoms. The first-order valence-electron chi connectivity index (χ1n) is 6.52. The maximum absolute atomic E-state index is 5.99. The Labute approximate surface area is 104 Å². The van der Waals surface area contributed by atoms with Crippen LogP contribution in [0.25, 0.3) is 0 Å². The molecule has 94 valence electrons. The lowest BCUT2D eigenvalue weighted by molar-refractivity contribution is 0.345. The second-order valence-corrected chi connectivity index (χ2v) is 4.97. The van der Waals surface area contributed by atoms with E-state index in [4.69, 9.17) is 5.73 Å². The van der Waals surface area contributed by atoms with Crippen molar-refractivity contribution in [2.45, 2.75) is 20.3 Å². The quantitative estimate of drug-likeness (QED) is 0.784. The summed E-state index contributed by atoms with van der Waals surface area (Å²) in [6.45, 7) is 9.00. The van der Waals surface area contributed by atoms with Crippen molar-refractivity contribution in [3.05, 3.63) is 23.8 Å². The summed E-state index contributed by atoms with van der Waals surface area (Å²) in [7, 11) is 0. The molecule has 0 saturated carbocycles. The number of nitrogens with zero attached hydrogens (tertiary/aromatic N) is 1. The van der Waals surface area contributed by atoms with Crippen molar-refractivity contribution in [3.63, 3.8) is 0 Å². The first kappa shape index (κ1) is 12.2. The smallest absolute Gasteiger partial charge is 0.0603 e. The Morgan fingerprint density at radius 2 is 2.29 bits per heavy atom. The zero-order valence-corrected chi connectivity index (χ0v) is 10.9. The van der Waals surface area contributed by atoms with Gasteiger partial charge in [-0.05, 0) is 44.0 Å². The van der Waals surface area contributed by atoms with Crippen LogP contribution >= 0.6 is 0 Å². The topological polar surface area (TPSA) is 41.3 Å². The molecule has 1 aliphatic rings. The van der Waals surface area contributed by atoms with E-state index in [0.717, 1.165) is 23.8 Å². The Morgan fingerprint density at radius 3 is 2.94 bits per heavy atom. The van der Waals surface area contributed by atoms with E-state index in [2.05, 4.69) is 30.1 Å². The van der Waals surface area contributed by atoms with Crippen LogP contribution in [0.4, 0.5) is 11.4 Å². The van der Waals surface area contributed by atoms with Crippen LogP contribution in [0.1, 0.15) is 18.9 Å². The van der Waals surface area contributed by atoms with E-state index in [1.165, 1.54) is 31.6 Å². The fourth-order valence-electron chi connectivity index (χ4n) is 2.55. The van der Waals surface area contributed by atoms with Gasteiger partial charge in [-0.15, -0.1) is 0 Å². The highest BCUT2D eigenvalue weighted by Crippen LogP contribution is 2.24. The van der Waals surface area contributed by atoms with Gasteiger partial charge in [0, 0.05) is 13.1 Å². The number of para-hydroxylation sites is 1. The number of nitrogen functional groups attached to an aromatic ring is 1. The van der Waals surface area contributed by atoms with Crippen LogP contribution in [0.5, 0.6) is 0 Å². The molecule has 0 aliphatic carbocycles. The third-order valence-corrected chi connectivity index (χ3v) is 3.69. The third kappa shape index (κ3) is 2.91. The minimum Gasteiger partial charge on any atom is -0.397 e. The molecule has 3 N–H and O–H groups in total. The lowest BCUT2D eigenvalue weighted by Crippen LogP contribution is -2.22. The van der Waals surface area contributed by atoms with Crippen LogP contribution in [0.2, 0.25) is 0 Å². The first-order valence-corrected chi connectivity index (χ1v) is 6.52. The molecule has 1 aliphatic heterocycles. The van der Waals surface area contributed by atoms with Gasteiger partial charge in [0.2, 0.25) is 0 Å². The zero-order valence-electron chi connectivity index (χ0n) is 10.9. The molecule has 0 amide bonds. The maximum Gasteiger partial charge on any atom is 0.0603 e. The molecule has 2 rings (SSSR count). The number of hydrogen-bond acceptors (Lipinski definition) is 3. The number of aryl methyl sites for hydroxylation is 1. The fraction of sp³-hybridized carbons (Fsp3) is 0.571. The summed E-state index contributed by atoms with van der Waals surface area (Å²) in [5, 5.41) is 3.52. The lowest BCUT2D eigenvalue weighted by atomic mass is 10.1. The standard InChI is InChI=1S/C14H23N3/c1-3-17-8-7-12(10-17)9-16-14-11(2)5-4-6-13(14)15/h4-6,12,16H,3,7-10,15H2,1-2H3. The molecule has 3 nitrogen and oxygen atoms in total. The van der Waals surface area contributed by atoms with Crippen LogP contribution in [0.3, 0.4) is 0 Å². The van der Waals surface area contributed by atoms with Crippen LogP contribution in [0.15, 0.2) is 18.2 Å². The van der Waals surface area contributed by atoms with Crippen LogP contribution in [-0.4, -0.2) is 31.1 Å². The monoisotopic (exact) mass is 233 g/mol. The minimum absolute atomic E-state index is 0.758. The van der Waals surface area contributed by atoms with Crippen LogP contribution in [0, 0.1) is 12.8 Å². The van der Waals surface area contributed by atoms with Crippen LogP contribution < -0.4 is 11.1 Å². The molecule has 0 aromatic heterocycles. The Morgan fingerprint density at radius 1 is 1.47 bits per heavy atom. The summed E-state index contributed by atoms with van der Waals surface area (Å²) in [6, 6.07) is 6.07. The highest BCUT2D eigenvalue weighted by Gasteiger charge is 2.20. The van der Waals surface area contributed by atoms with E-state index in [-0.39, 0.29) is 0 Å². The number of likely N-dealkylation sites (tertiary alicyclic amines) is 1. The van der Waals surface area contributed by atoms with Crippen molar-refractivity contribution < 1.29 is 0 Å². The van der Waals surface area contributed by atoms with Gasteiger partial charge in [-0.2, -0.15) is 0 Å². The Kier molecular flexibility index (Phi) is 3.89. The molecule has 0 spiro atoms. The van der Waals surface area contributed by atoms with E-state index < -0.39 is 0 Å². The average Bonchev–Trinajstić information content (AvgIpc) is 2.76. The van der Waals surface area contributed by atoms with Gasteiger partial charge >= 0.3 is 0 Å². The van der Waals surface area contributed by atoms with Crippen molar-refractivity contribution in [1.82, 2.24) is 4.90 Å². The van der Waals surface area contributed by atoms with Crippen molar-refractivity contribution in [2.75, 3.05) is 37.2 Å². The molecule has 1 fully saturated rings. The van der Waals surface area contributed by atoms with Gasteiger partial charge in [-0.3, -0.25) is 0 Å². The van der Waals surface area contributed by atoms with E-state index in [1.54, 1.807) is 0 Å². The normalized spacial score (nSPS) is 20.7. The van der Waals surface area contributed by atoms with E-state index >= 15 is 0 Å². The van der Waals surface area contributed by atoms with Gasteiger partial charge < -0.3 is 16.0 Å². The molecule has 1 heterocycles. The third-order valence-electron chi connectivity index (χ3n) is 3.69. The molecular weight excluding hydrogens is 210 g/mol. The number of nitrogens with two attached hydrogens (primary N) is 1. The molecule has 1 saturated heterocycles. The van der Waals surface area contributed by atoms with E-state index in [9.17, 15) is 0 Å². The lowest BCUT2D eigenvalue weighted by Gasteiger charge is -2.16. The second-order valence-electron chi connectivity index (χ2n) is 4.97. The summed E-state index contributed by atoms with van der Waals surface area (Å²) < 4.78 is 0. The van der Waals surface area contributed by atoms with Gasteiger partial charge in [0.25, 0.3) is 0 Å². The SMILES string of the molecule is CCN1CCC(CNc2c(C)cccc2N)C1. The number of nitrogens with one attached hydrogen (secondary N) is 1. The molecular formula is C14H23N3. The summed E-state index contributed by atoms with van der Waals surface area (Å²) in [5.74, 6) is 0.758. The summed E-state index contributed by atoms with van der Waals surface area (Å²) >= 11 is 0. The number of benzene rings is 1. The maximum atomic E-state index is 5.99. The highest BCUT2D eigenvalue weighted by atomic mass is 15.1. The zero-order chi connectivity index (χ0) is 12.3. The van der Waals surface area contributed by atoms with Gasteiger partial charge in [0.15, 0.2) is 0 Å². The van der Waals surface area contributed by atoms with Gasteiger partial charge in [-0.25, -0.2) is 0 Å². The van der Waals surface area contributed by atoms with Gasteiger partial charge in [-0.1, -0.05) is 19.1 Å². The fourth-order valence-corrected chi connectivity index (χ4v) is 2.55. The minimum atomic E-state index is 0.758. The largest absolute Gasteiger partial charge is 0.397 e. The molecule has 1 aromatic rings. The highest BCUT2D eigenvalue weighted by molar-refractivity contribution is 5.69. The molecule has 1 unspecified atom stereocenters. The van der Waals surface area contributed by atoms with Crippen molar-refractivity contribution >= 4 is 11.4 Å². The van der Waals surface area contributed by atoms with Gasteiger partial charge in [0.05, 0.1) is 11.4 Å². The number of anilines is 2. The number of rotatable bonds is 4. The Balaban J connectivity index is 1.90. The first-order chi connectivity index (χ1) is 8.20. The Bertz CT molecular complexity index is 355. The number of hydrogen-bond donors (Lipinski definition) is 2. The predicted molar refractivity (Wildman–Crippen MR) is 74.3 cm³/mol. The molecule has 3 heteroatoms. The van der Waals surface area contributed by atoms with Crippen molar-refractivity contribution in [3.8, 4) is 0 Å². The van der Waals surface area contributed by atoms with E-state index in [1.807, 2.05) is 12.1 Å². The summed E-state index contributed by atoms with van der Waals surface area (Å²) in [5.41, 5.74) is 9.19. The van der Waals surface area contributed by atoms with E-state index in [0.29, 0.717) is 0 Å². The Hall–Kier alpha value is -1.22. The summed E-state index contributed by atoms with van der Waals surface area (Å²) in [6.07, 6.45) is 1.30. The molecule has 17 heavy (non-hydrogen) atoms. The molecule has 1 atom stereocenters.